The maximum Gasteiger partial charge on any atom is 0.243 e. The van der Waals surface area contributed by atoms with E-state index >= 15 is 0 Å². The Morgan fingerprint density at radius 2 is 1.68 bits per heavy atom. The first kappa shape index (κ1) is 21.7. The fraction of sp³-hybridized carbons (Fsp3) is 0.417. The Balaban J connectivity index is 2.20. The summed E-state index contributed by atoms with van der Waals surface area (Å²) < 4.78 is 0. The molecule has 0 heterocycles. The zero-order valence-electron chi connectivity index (χ0n) is 17.4. The number of aryl methyl sites for hydroxylation is 2. The Morgan fingerprint density at radius 1 is 1.00 bits per heavy atom. The van der Waals surface area contributed by atoms with Crippen molar-refractivity contribution in [2.75, 3.05) is 0 Å². The van der Waals surface area contributed by atoms with Crippen molar-refractivity contribution >= 4 is 11.8 Å². The molecule has 0 aliphatic rings. The highest BCUT2D eigenvalue weighted by Crippen LogP contribution is 2.16. The van der Waals surface area contributed by atoms with Gasteiger partial charge in [0.25, 0.3) is 0 Å². The summed E-state index contributed by atoms with van der Waals surface area (Å²) in [6.07, 6.45) is 1.65. The lowest BCUT2D eigenvalue weighted by Crippen LogP contribution is -2.50. The lowest BCUT2D eigenvalue weighted by molar-refractivity contribution is -0.141. The summed E-state index contributed by atoms with van der Waals surface area (Å²) >= 11 is 0. The quantitative estimate of drug-likeness (QED) is 0.707. The number of carbonyl (C=O) groups is 2. The second kappa shape index (κ2) is 10.6. The van der Waals surface area contributed by atoms with Gasteiger partial charge in [0.05, 0.1) is 0 Å². The van der Waals surface area contributed by atoms with Crippen LogP contribution in [0.5, 0.6) is 0 Å². The molecule has 2 amide bonds. The average molecular weight is 381 g/mol. The summed E-state index contributed by atoms with van der Waals surface area (Å²) in [5.41, 5.74) is 3.32. The highest BCUT2D eigenvalue weighted by molar-refractivity contribution is 5.87. The SMILES string of the molecule is CC[C@H](C(=O)NC(C)C)N(Cc1cccc(C)c1)C(=O)CCc1ccccc1. The van der Waals surface area contributed by atoms with Crippen LogP contribution < -0.4 is 5.32 Å². The molecule has 28 heavy (non-hydrogen) atoms. The van der Waals surface area contributed by atoms with E-state index in [0.29, 0.717) is 25.8 Å². The Hall–Kier alpha value is -2.62. The van der Waals surface area contributed by atoms with Gasteiger partial charge < -0.3 is 10.2 Å². The molecule has 1 N–H and O–H groups in total. The minimum Gasteiger partial charge on any atom is -0.352 e. The van der Waals surface area contributed by atoms with Gasteiger partial charge in [0, 0.05) is 19.0 Å². The number of rotatable bonds is 9. The largest absolute Gasteiger partial charge is 0.352 e. The van der Waals surface area contributed by atoms with Crippen LogP contribution in [0, 0.1) is 6.92 Å². The molecule has 0 unspecified atom stereocenters. The fourth-order valence-corrected chi connectivity index (χ4v) is 3.35. The van der Waals surface area contributed by atoms with Crippen LogP contribution in [0.25, 0.3) is 0 Å². The second-order valence-electron chi connectivity index (χ2n) is 7.58. The second-order valence-corrected chi connectivity index (χ2v) is 7.58. The van der Waals surface area contributed by atoms with Crippen molar-refractivity contribution in [1.82, 2.24) is 10.2 Å². The number of amides is 2. The molecule has 0 aliphatic carbocycles. The van der Waals surface area contributed by atoms with Gasteiger partial charge in [-0.1, -0.05) is 67.1 Å². The molecule has 0 spiro atoms. The summed E-state index contributed by atoms with van der Waals surface area (Å²) in [5.74, 6) is -0.0747. The molecule has 2 rings (SSSR count). The summed E-state index contributed by atoms with van der Waals surface area (Å²) in [6.45, 7) is 8.31. The van der Waals surface area contributed by atoms with Gasteiger partial charge in [-0.2, -0.15) is 0 Å². The number of carbonyl (C=O) groups excluding carboxylic acids is 2. The zero-order chi connectivity index (χ0) is 20.5. The third kappa shape index (κ3) is 6.52. The molecule has 150 valence electrons. The van der Waals surface area contributed by atoms with Crippen LogP contribution in [-0.4, -0.2) is 28.8 Å². The molecular formula is C24H32N2O2. The molecule has 4 heteroatoms. The lowest BCUT2D eigenvalue weighted by Gasteiger charge is -2.31. The first-order valence-corrected chi connectivity index (χ1v) is 10.1. The number of hydrogen-bond acceptors (Lipinski definition) is 2. The van der Waals surface area contributed by atoms with Crippen LogP contribution in [0.4, 0.5) is 0 Å². The van der Waals surface area contributed by atoms with E-state index in [1.165, 1.54) is 0 Å². The van der Waals surface area contributed by atoms with E-state index in [2.05, 4.69) is 11.4 Å². The summed E-state index contributed by atoms with van der Waals surface area (Å²) in [4.78, 5) is 27.6. The van der Waals surface area contributed by atoms with Crippen molar-refractivity contribution in [2.45, 2.75) is 65.6 Å². The van der Waals surface area contributed by atoms with E-state index in [4.69, 9.17) is 0 Å². The minimum absolute atomic E-state index is 0.0103. The molecule has 0 radical (unpaired) electrons. The summed E-state index contributed by atoms with van der Waals surface area (Å²) in [5, 5.41) is 2.97. The molecule has 0 aromatic heterocycles. The van der Waals surface area contributed by atoms with Gasteiger partial charge in [-0.05, 0) is 44.7 Å². The monoisotopic (exact) mass is 380 g/mol. The first-order chi connectivity index (χ1) is 13.4. The molecular weight excluding hydrogens is 348 g/mol. The normalized spacial score (nSPS) is 11.9. The lowest BCUT2D eigenvalue weighted by atomic mass is 10.1. The zero-order valence-corrected chi connectivity index (χ0v) is 17.4. The van der Waals surface area contributed by atoms with Crippen molar-refractivity contribution < 1.29 is 9.59 Å². The van der Waals surface area contributed by atoms with E-state index in [0.717, 1.165) is 16.7 Å². The van der Waals surface area contributed by atoms with Gasteiger partial charge in [0.2, 0.25) is 11.8 Å². The Bertz CT molecular complexity index is 771. The molecule has 4 nitrogen and oxygen atoms in total. The third-order valence-electron chi connectivity index (χ3n) is 4.72. The molecule has 2 aromatic carbocycles. The van der Waals surface area contributed by atoms with Crippen molar-refractivity contribution in [2.24, 2.45) is 0 Å². The molecule has 1 atom stereocenters. The van der Waals surface area contributed by atoms with E-state index < -0.39 is 6.04 Å². The highest BCUT2D eigenvalue weighted by Gasteiger charge is 2.28. The van der Waals surface area contributed by atoms with Gasteiger partial charge in [-0.3, -0.25) is 9.59 Å². The summed E-state index contributed by atoms with van der Waals surface area (Å²) in [7, 11) is 0. The Labute approximate surface area is 169 Å². The predicted octanol–water partition coefficient (Wildman–Crippen LogP) is 4.26. The summed E-state index contributed by atoms with van der Waals surface area (Å²) in [6, 6.07) is 17.7. The third-order valence-corrected chi connectivity index (χ3v) is 4.72. The molecule has 0 bridgehead atoms. The van der Waals surface area contributed by atoms with Crippen LogP contribution in [0.15, 0.2) is 54.6 Å². The molecule has 0 saturated heterocycles. The van der Waals surface area contributed by atoms with Crippen molar-refractivity contribution in [1.29, 1.82) is 0 Å². The maximum atomic E-state index is 13.1. The van der Waals surface area contributed by atoms with Crippen molar-refractivity contribution in [3.63, 3.8) is 0 Å². The van der Waals surface area contributed by atoms with E-state index in [1.807, 2.05) is 76.2 Å². The van der Waals surface area contributed by atoms with Crippen LogP contribution >= 0.6 is 0 Å². The van der Waals surface area contributed by atoms with Crippen molar-refractivity contribution in [3.05, 3.63) is 71.3 Å². The average Bonchev–Trinajstić information content (AvgIpc) is 2.66. The molecule has 0 saturated carbocycles. The van der Waals surface area contributed by atoms with Gasteiger partial charge in [0.1, 0.15) is 6.04 Å². The predicted molar refractivity (Wildman–Crippen MR) is 114 cm³/mol. The Kier molecular flexibility index (Phi) is 8.24. The fourth-order valence-electron chi connectivity index (χ4n) is 3.35. The van der Waals surface area contributed by atoms with E-state index in [9.17, 15) is 9.59 Å². The molecule has 0 fully saturated rings. The standard InChI is InChI=1S/C24H32N2O2/c1-5-22(24(28)25-18(2)3)26(17-21-13-9-10-19(4)16-21)23(27)15-14-20-11-7-6-8-12-20/h6-13,16,18,22H,5,14-15,17H2,1-4H3,(H,25,28)/t22-/m1/s1. The topological polar surface area (TPSA) is 49.4 Å². The van der Waals surface area contributed by atoms with Gasteiger partial charge >= 0.3 is 0 Å². The minimum atomic E-state index is -0.466. The van der Waals surface area contributed by atoms with E-state index in [-0.39, 0.29) is 17.9 Å². The van der Waals surface area contributed by atoms with Gasteiger partial charge in [-0.25, -0.2) is 0 Å². The first-order valence-electron chi connectivity index (χ1n) is 10.1. The number of nitrogens with zero attached hydrogens (tertiary/aromatic N) is 1. The van der Waals surface area contributed by atoms with Gasteiger partial charge in [0.15, 0.2) is 0 Å². The number of nitrogens with one attached hydrogen (secondary N) is 1. The highest BCUT2D eigenvalue weighted by atomic mass is 16.2. The number of hydrogen-bond donors (Lipinski definition) is 1. The van der Waals surface area contributed by atoms with Crippen LogP contribution in [0.2, 0.25) is 0 Å². The Morgan fingerprint density at radius 3 is 2.29 bits per heavy atom. The maximum absolute atomic E-state index is 13.1. The van der Waals surface area contributed by atoms with E-state index in [1.54, 1.807) is 4.90 Å². The van der Waals surface area contributed by atoms with Gasteiger partial charge in [-0.15, -0.1) is 0 Å². The van der Waals surface area contributed by atoms with Crippen LogP contribution in [-0.2, 0) is 22.6 Å². The van der Waals surface area contributed by atoms with Crippen LogP contribution in [0.3, 0.4) is 0 Å². The smallest absolute Gasteiger partial charge is 0.243 e. The van der Waals surface area contributed by atoms with Crippen LogP contribution in [0.1, 0.15) is 50.3 Å². The molecule has 2 aromatic rings. The van der Waals surface area contributed by atoms with Crippen molar-refractivity contribution in [3.8, 4) is 0 Å². The molecule has 0 aliphatic heterocycles. The number of benzene rings is 2.